The number of hydrogen-bond acceptors (Lipinski definition) is 4. The van der Waals surface area contributed by atoms with E-state index in [1.54, 1.807) is 0 Å². The lowest BCUT2D eigenvalue weighted by Gasteiger charge is -2.17. The third-order valence-electron chi connectivity index (χ3n) is 4.02. The summed E-state index contributed by atoms with van der Waals surface area (Å²) in [6, 6.07) is 12.3. The van der Waals surface area contributed by atoms with Crippen LogP contribution in [0, 0.1) is 5.92 Å². The highest BCUT2D eigenvalue weighted by atomic mass is 19.4. The highest BCUT2D eigenvalue weighted by molar-refractivity contribution is 5.38. The second-order valence-corrected chi connectivity index (χ2v) is 5.88. The molecule has 128 valence electrons. The summed E-state index contributed by atoms with van der Waals surface area (Å²) < 4.78 is 43.3. The minimum atomic E-state index is -4.45. The standard InChI is InChI=1S/C17H18F3N3O/c18-17(19,20)15-6-7-16(22-21-15)23-9-8-14(10-23)12-24-11-13-4-2-1-3-5-13/h1-7,14H,8-12H2. The van der Waals surface area contributed by atoms with Gasteiger partial charge in [-0.1, -0.05) is 30.3 Å². The van der Waals surface area contributed by atoms with Gasteiger partial charge in [-0.25, -0.2) is 0 Å². The fourth-order valence-electron chi connectivity index (χ4n) is 2.74. The van der Waals surface area contributed by atoms with Crippen LogP contribution in [0.25, 0.3) is 0 Å². The van der Waals surface area contributed by atoms with E-state index in [0.29, 0.717) is 24.9 Å². The van der Waals surface area contributed by atoms with E-state index < -0.39 is 11.9 Å². The first-order valence-corrected chi connectivity index (χ1v) is 7.80. The summed E-state index contributed by atoms with van der Waals surface area (Å²) in [7, 11) is 0. The molecule has 0 spiro atoms. The van der Waals surface area contributed by atoms with Crippen molar-refractivity contribution in [1.29, 1.82) is 0 Å². The minimum absolute atomic E-state index is 0.345. The van der Waals surface area contributed by atoms with Crippen LogP contribution in [0.15, 0.2) is 42.5 Å². The second kappa shape index (κ2) is 7.17. The van der Waals surface area contributed by atoms with Crippen LogP contribution < -0.4 is 4.90 Å². The van der Waals surface area contributed by atoms with E-state index in [1.807, 2.05) is 35.2 Å². The maximum absolute atomic E-state index is 12.5. The van der Waals surface area contributed by atoms with Crippen molar-refractivity contribution in [2.75, 3.05) is 24.6 Å². The number of benzene rings is 1. The summed E-state index contributed by atoms with van der Waals surface area (Å²) in [5, 5.41) is 6.98. The number of aromatic nitrogens is 2. The first-order chi connectivity index (χ1) is 11.5. The number of hydrogen-bond donors (Lipinski definition) is 0. The molecule has 3 rings (SSSR count). The van der Waals surface area contributed by atoms with Crippen LogP contribution in [0.1, 0.15) is 17.7 Å². The van der Waals surface area contributed by atoms with Gasteiger partial charge in [-0.3, -0.25) is 0 Å². The van der Waals surface area contributed by atoms with Crippen molar-refractivity contribution in [3.8, 4) is 0 Å². The van der Waals surface area contributed by atoms with Gasteiger partial charge in [0.05, 0.1) is 13.2 Å². The molecule has 4 nitrogen and oxygen atoms in total. The summed E-state index contributed by atoms with van der Waals surface area (Å²) in [5.74, 6) is 0.825. The predicted molar refractivity (Wildman–Crippen MR) is 83.5 cm³/mol. The van der Waals surface area contributed by atoms with Crippen molar-refractivity contribution in [2.45, 2.75) is 19.2 Å². The monoisotopic (exact) mass is 337 g/mol. The van der Waals surface area contributed by atoms with Gasteiger partial charge in [0.25, 0.3) is 0 Å². The Morgan fingerprint density at radius 3 is 2.54 bits per heavy atom. The number of halogens is 3. The molecule has 2 aromatic rings. The number of alkyl halides is 3. The summed E-state index contributed by atoms with van der Waals surface area (Å²) in [5.41, 5.74) is 0.161. The predicted octanol–water partition coefficient (Wildman–Crippen LogP) is 3.54. The van der Waals surface area contributed by atoms with Gasteiger partial charge in [-0.2, -0.15) is 13.2 Å². The Kier molecular flexibility index (Phi) is 4.99. The molecule has 1 aromatic carbocycles. The normalized spacial score (nSPS) is 18.1. The second-order valence-electron chi connectivity index (χ2n) is 5.88. The Labute approximate surface area is 138 Å². The fourth-order valence-corrected chi connectivity index (χ4v) is 2.74. The van der Waals surface area contributed by atoms with Crippen molar-refractivity contribution >= 4 is 5.82 Å². The number of rotatable bonds is 5. The summed E-state index contributed by atoms with van der Waals surface area (Å²) in [4.78, 5) is 1.95. The molecular weight excluding hydrogens is 319 g/mol. The molecule has 1 atom stereocenters. The maximum atomic E-state index is 12.5. The Morgan fingerprint density at radius 1 is 1.08 bits per heavy atom. The molecule has 0 saturated carbocycles. The average molecular weight is 337 g/mol. The zero-order chi connectivity index (χ0) is 17.0. The van der Waals surface area contributed by atoms with E-state index in [0.717, 1.165) is 31.1 Å². The lowest BCUT2D eigenvalue weighted by Crippen LogP contribution is -2.23. The number of ether oxygens (including phenoxy) is 1. The Bertz CT molecular complexity index is 646. The lowest BCUT2D eigenvalue weighted by atomic mass is 10.1. The molecular formula is C17H18F3N3O. The summed E-state index contributed by atoms with van der Waals surface area (Å²) >= 11 is 0. The van der Waals surface area contributed by atoms with Crippen LogP contribution >= 0.6 is 0 Å². The van der Waals surface area contributed by atoms with Gasteiger partial charge in [0, 0.05) is 19.0 Å². The third-order valence-corrected chi connectivity index (χ3v) is 4.02. The van der Waals surface area contributed by atoms with Gasteiger partial charge >= 0.3 is 6.18 Å². The zero-order valence-electron chi connectivity index (χ0n) is 13.0. The molecule has 7 heteroatoms. The van der Waals surface area contributed by atoms with Crippen molar-refractivity contribution in [2.24, 2.45) is 5.92 Å². The van der Waals surface area contributed by atoms with Gasteiger partial charge in [0.2, 0.25) is 0 Å². The van der Waals surface area contributed by atoms with Crippen molar-refractivity contribution in [1.82, 2.24) is 10.2 Å². The smallest absolute Gasteiger partial charge is 0.376 e. The van der Waals surface area contributed by atoms with E-state index in [2.05, 4.69) is 10.2 Å². The molecule has 1 saturated heterocycles. The van der Waals surface area contributed by atoms with Crippen molar-refractivity contribution in [3.63, 3.8) is 0 Å². The van der Waals surface area contributed by atoms with Crippen molar-refractivity contribution in [3.05, 3.63) is 53.7 Å². The molecule has 1 unspecified atom stereocenters. The Morgan fingerprint density at radius 2 is 1.88 bits per heavy atom. The molecule has 1 aliphatic rings. The molecule has 24 heavy (non-hydrogen) atoms. The molecule has 0 radical (unpaired) electrons. The van der Waals surface area contributed by atoms with Gasteiger partial charge < -0.3 is 9.64 Å². The van der Waals surface area contributed by atoms with Crippen molar-refractivity contribution < 1.29 is 17.9 Å². The van der Waals surface area contributed by atoms with Gasteiger partial charge in [0.15, 0.2) is 11.5 Å². The zero-order valence-corrected chi connectivity index (χ0v) is 13.0. The number of nitrogens with zero attached hydrogens (tertiary/aromatic N) is 3. The number of anilines is 1. The largest absolute Gasteiger partial charge is 0.435 e. The van der Waals surface area contributed by atoms with E-state index in [1.165, 1.54) is 6.07 Å². The molecule has 1 aliphatic heterocycles. The lowest BCUT2D eigenvalue weighted by molar-refractivity contribution is -0.141. The molecule has 0 amide bonds. The topological polar surface area (TPSA) is 38.2 Å². The van der Waals surface area contributed by atoms with Crippen LogP contribution in [0.3, 0.4) is 0 Å². The van der Waals surface area contributed by atoms with Crippen LogP contribution in [-0.4, -0.2) is 29.9 Å². The first-order valence-electron chi connectivity index (χ1n) is 7.80. The fraction of sp³-hybridized carbons (Fsp3) is 0.412. The molecule has 1 aromatic heterocycles. The summed E-state index contributed by atoms with van der Waals surface area (Å²) in [6.45, 7) is 2.66. The molecule has 0 aliphatic carbocycles. The SMILES string of the molecule is FC(F)(F)c1ccc(N2CCC(COCc3ccccc3)C2)nn1. The highest BCUT2D eigenvalue weighted by Gasteiger charge is 2.33. The van der Waals surface area contributed by atoms with Crippen LogP contribution in [0.5, 0.6) is 0 Å². The van der Waals surface area contributed by atoms with E-state index >= 15 is 0 Å². The van der Waals surface area contributed by atoms with Gasteiger partial charge in [0.1, 0.15) is 0 Å². The van der Waals surface area contributed by atoms with Crippen LogP contribution in [-0.2, 0) is 17.5 Å². The van der Waals surface area contributed by atoms with Gasteiger partial charge in [-0.05, 0) is 24.1 Å². The van der Waals surface area contributed by atoms with Gasteiger partial charge in [-0.15, -0.1) is 10.2 Å². The quantitative estimate of drug-likeness (QED) is 0.836. The minimum Gasteiger partial charge on any atom is -0.376 e. The molecule has 0 N–H and O–H groups in total. The average Bonchev–Trinajstić information content (AvgIpc) is 3.04. The van der Waals surface area contributed by atoms with E-state index in [9.17, 15) is 13.2 Å². The molecule has 0 bridgehead atoms. The third kappa shape index (κ3) is 4.23. The van der Waals surface area contributed by atoms with E-state index in [-0.39, 0.29) is 0 Å². The Hall–Kier alpha value is -2.15. The first kappa shape index (κ1) is 16.7. The van der Waals surface area contributed by atoms with E-state index in [4.69, 9.17) is 4.74 Å². The Balaban J connectivity index is 1.48. The van der Waals surface area contributed by atoms with Crippen LogP contribution in [0.2, 0.25) is 0 Å². The highest BCUT2D eigenvalue weighted by Crippen LogP contribution is 2.28. The maximum Gasteiger partial charge on any atom is 0.435 e. The summed E-state index contributed by atoms with van der Waals surface area (Å²) in [6.07, 6.45) is -3.53. The molecule has 2 heterocycles. The molecule has 1 fully saturated rings. The van der Waals surface area contributed by atoms with Crippen LogP contribution in [0.4, 0.5) is 19.0 Å².